The van der Waals surface area contributed by atoms with Crippen LogP contribution in [0.2, 0.25) is 0 Å². The molecular formula is C21H23N3O2. The monoisotopic (exact) mass is 349 g/mol. The molecule has 0 saturated carbocycles. The zero-order valence-corrected chi connectivity index (χ0v) is 15.3. The third-order valence-corrected chi connectivity index (χ3v) is 4.02. The molecule has 26 heavy (non-hydrogen) atoms. The molecule has 2 aromatic carbocycles. The van der Waals surface area contributed by atoms with Crippen molar-refractivity contribution in [2.45, 2.75) is 27.2 Å². The smallest absolute Gasteiger partial charge is 0.267 e. The Morgan fingerprint density at radius 2 is 1.77 bits per heavy atom. The van der Waals surface area contributed by atoms with Gasteiger partial charge in [-0.15, -0.1) is 0 Å². The first-order chi connectivity index (χ1) is 12.4. The van der Waals surface area contributed by atoms with Crippen LogP contribution >= 0.6 is 0 Å². The Balaban J connectivity index is 1.97. The number of nitrogens with one attached hydrogen (secondary N) is 2. The van der Waals surface area contributed by atoms with E-state index in [1.54, 1.807) is 12.1 Å². The summed E-state index contributed by atoms with van der Waals surface area (Å²) in [5.74, 6) is -0.202. The van der Waals surface area contributed by atoms with Crippen LogP contribution in [0.5, 0.6) is 5.75 Å². The van der Waals surface area contributed by atoms with E-state index in [4.69, 9.17) is 0 Å². The molecule has 0 saturated heterocycles. The van der Waals surface area contributed by atoms with Crippen molar-refractivity contribution in [1.29, 1.82) is 5.26 Å². The SMILES string of the molecule is Cc1cc(C)c(NC(=O)/C(C#N)=C\NCCc2ccc(O)cc2)c(C)c1. The molecule has 0 aliphatic rings. The van der Waals surface area contributed by atoms with Crippen molar-refractivity contribution < 1.29 is 9.90 Å². The number of carbonyl (C=O) groups is 1. The summed E-state index contributed by atoms with van der Waals surface area (Å²) in [6.07, 6.45) is 2.15. The minimum absolute atomic E-state index is 0.0232. The number of nitriles is 1. The zero-order chi connectivity index (χ0) is 19.1. The van der Waals surface area contributed by atoms with Crippen LogP contribution in [0.4, 0.5) is 5.69 Å². The summed E-state index contributed by atoms with van der Waals surface area (Å²) in [7, 11) is 0. The van der Waals surface area contributed by atoms with Gasteiger partial charge in [0.2, 0.25) is 0 Å². The fraction of sp³-hybridized carbons (Fsp3) is 0.238. The molecule has 0 bridgehead atoms. The number of amides is 1. The molecule has 0 aliphatic heterocycles. The number of carbonyl (C=O) groups excluding carboxylic acids is 1. The van der Waals surface area contributed by atoms with Crippen LogP contribution < -0.4 is 10.6 Å². The second-order valence-corrected chi connectivity index (χ2v) is 6.27. The molecule has 5 nitrogen and oxygen atoms in total. The number of hydrogen-bond acceptors (Lipinski definition) is 4. The summed E-state index contributed by atoms with van der Waals surface area (Å²) in [5.41, 5.74) is 4.88. The lowest BCUT2D eigenvalue weighted by atomic mass is 10.0. The summed E-state index contributed by atoms with van der Waals surface area (Å²) >= 11 is 0. The van der Waals surface area contributed by atoms with E-state index in [0.717, 1.165) is 27.9 Å². The van der Waals surface area contributed by atoms with Gasteiger partial charge < -0.3 is 15.7 Å². The third kappa shape index (κ3) is 5.12. The molecule has 0 radical (unpaired) electrons. The van der Waals surface area contributed by atoms with Gasteiger partial charge in [0.15, 0.2) is 0 Å². The fourth-order valence-electron chi connectivity index (χ4n) is 2.76. The maximum Gasteiger partial charge on any atom is 0.267 e. The van der Waals surface area contributed by atoms with Crippen LogP contribution in [0.15, 0.2) is 48.2 Å². The van der Waals surface area contributed by atoms with Crippen molar-refractivity contribution in [3.8, 4) is 11.8 Å². The summed E-state index contributed by atoms with van der Waals surface area (Å²) in [6, 6.07) is 12.9. The van der Waals surface area contributed by atoms with Gasteiger partial charge in [-0.05, 0) is 56.0 Å². The summed E-state index contributed by atoms with van der Waals surface area (Å²) in [6.45, 7) is 6.44. The number of phenolic OH excluding ortho intramolecular Hbond substituents is 1. The number of anilines is 1. The van der Waals surface area contributed by atoms with Gasteiger partial charge in [0.25, 0.3) is 5.91 Å². The first-order valence-electron chi connectivity index (χ1n) is 8.41. The van der Waals surface area contributed by atoms with Gasteiger partial charge in [-0.25, -0.2) is 0 Å². The predicted octanol–water partition coefficient (Wildman–Crippen LogP) is 3.50. The Bertz CT molecular complexity index is 839. The van der Waals surface area contributed by atoms with Gasteiger partial charge in [-0.3, -0.25) is 4.79 Å². The van der Waals surface area contributed by atoms with Crippen LogP contribution in [0.3, 0.4) is 0 Å². The molecule has 1 amide bonds. The van der Waals surface area contributed by atoms with Crippen molar-refractivity contribution in [1.82, 2.24) is 5.32 Å². The topological polar surface area (TPSA) is 85.2 Å². The average molecular weight is 349 g/mol. The number of aryl methyl sites for hydroxylation is 3. The van der Waals surface area contributed by atoms with Crippen LogP contribution in [0.1, 0.15) is 22.3 Å². The van der Waals surface area contributed by atoms with Gasteiger partial charge in [0.05, 0.1) is 0 Å². The Labute approximate surface area is 154 Å². The molecule has 0 aromatic heterocycles. The highest BCUT2D eigenvalue weighted by Gasteiger charge is 2.12. The molecule has 5 heteroatoms. The molecule has 3 N–H and O–H groups in total. The number of benzene rings is 2. The van der Waals surface area contributed by atoms with Crippen molar-refractivity contribution in [2.24, 2.45) is 0 Å². The van der Waals surface area contributed by atoms with Crippen LogP contribution in [-0.4, -0.2) is 17.6 Å². The van der Waals surface area contributed by atoms with Gasteiger partial charge in [-0.1, -0.05) is 29.8 Å². The highest BCUT2D eigenvalue weighted by Crippen LogP contribution is 2.22. The van der Waals surface area contributed by atoms with Crippen molar-refractivity contribution in [2.75, 3.05) is 11.9 Å². The maximum absolute atomic E-state index is 12.4. The number of nitrogens with zero attached hydrogens (tertiary/aromatic N) is 1. The lowest BCUT2D eigenvalue weighted by molar-refractivity contribution is -0.112. The van der Waals surface area contributed by atoms with Crippen LogP contribution in [0, 0.1) is 32.1 Å². The van der Waals surface area contributed by atoms with Crippen molar-refractivity contribution in [3.63, 3.8) is 0 Å². The Morgan fingerprint density at radius 1 is 1.15 bits per heavy atom. The first kappa shape index (κ1) is 19.1. The quantitative estimate of drug-likeness (QED) is 0.423. The van der Waals surface area contributed by atoms with E-state index in [1.807, 2.05) is 51.1 Å². The van der Waals surface area contributed by atoms with E-state index in [1.165, 1.54) is 6.20 Å². The van der Waals surface area contributed by atoms with E-state index in [-0.39, 0.29) is 11.3 Å². The molecular weight excluding hydrogens is 326 g/mol. The fourth-order valence-corrected chi connectivity index (χ4v) is 2.76. The lowest BCUT2D eigenvalue weighted by Crippen LogP contribution is -2.19. The normalized spacial score (nSPS) is 10.9. The highest BCUT2D eigenvalue weighted by molar-refractivity contribution is 6.07. The number of hydrogen-bond donors (Lipinski definition) is 3. The number of aromatic hydroxyl groups is 1. The summed E-state index contributed by atoms with van der Waals surface area (Å²) < 4.78 is 0. The van der Waals surface area contributed by atoms with Crippen LogP contribution in [0.25, 0.3) is 0 Å². The molecule has 2 aromatic rings. The van der Waals surface area contributed by atoms with Gasteiger partial charge in [-0.2, -0.15) is 5.26 Å². The van der Waals surface area contributed by atoms with Crippen LogP contribution in [-0.2, 0) is 11.2 Å². The van der Waals surface area contributed by atoms with Crippen molar-refractivity contribution >= 4 is 11.6 Å². The maximum atomic E-state index is 12.4. The van der Waals surface area contributed by atoms with E-state index < -0.39 is 5.91 Å². The number of phenols is 1. The Kier molecular flexibility index (Phi) is 6.40. The molecule has 0 fully saturated rings. The predicted molar refractivity (Wildman–Crippen MR) is 103 cm³/mol. The van der Waals surface area contributed by atoms with E-state index >= 15 is 0 Å². The van der Waals surface area contributed by atoms with Gasteiger partial charge in [0.1, 0.15) is 17.4 Å². The third-order valence-electron chi connectivity index (χ3n) is 4.02. The second kappa shape index (κ2) is 8.72. The molecule has 0 spiro atoms. The average Bonchev–Trinajstić information content (AvgIpc) is 2.59. The van der Waals surface area contributed by atoms with E-state index in [2.05, 4.69) is 10.6 Å². The van der Waals surface area contributed by atoms with Gasteiger partial charge >= 0.3 is 0 Å². The molecule has 0 atom stereocenters. The summed E-state index contributed by atoms with van der Waals surface area (Å²) in [4.78, 5) is 12.4. The van der Waals surface area contributed by atoms with E-state index in [9.17, 15) is 15.2 Å². The molecule has 0 aliphatic carbocycles. The lowest BCUT2D eigenvalue weighted by Gasteiger charge is -2.12. The molecule has 0 unspecified atom stereocenters. The molecule has 134 valence electrons. The second-order valence-electron chi connectivity index (χ2n) is 6.27. The minimum Gasteiger partial charge on any atom is -0.508 e. The first-order valence-corrected chi connectivity index (χ1v) is 8.41. The van der Waals surface area contributed by atoms with Gasteiger partial charge in [0, 0.05) is 18.4 Å². The standard InChI is InChI=1S/C21H23N3O2/c1-14-10-15(2)20(16(3)11-14)24-21(26)18(12-22)13-23-9-8-17-4-6-19(25)7-5-17/h4-7,10-11,13,23,25H,8-9H2,1-3H3,(H,24,26)/b18-13-. The zero-order valence-electron chi connectivity index (χ0n) is 15.3. The minimum atomic E-state index is -0.431. The largest absolute Gasteiger partial charge is 0.508 e. The molecule has 0 heterocycles. The highest BCUT2D eigenvalue weighted by atomic mass is 16.3. The Morgan fingerprint density at radius 3 is 2.35 bits per heavy atom. The Hall–Kier alpha value is -3.26. The molecule has 2 rings (SSSR count). The van der Waals surface area contributed by atoms with Crippen molar-refractivity contribution in [3.05, 3.63) is 70.4 Å². The van der Waals surface area contributed by atoms with E-state index in [0.29, 0.717) is 13.0 Å². The number of rotatable bonds is 6. The summed E-state index contributed by atoms with van der Waals surface area (Å²) in [5, 5.41) is 24.3.